The average molecular weight is 584 g/mol. The Morgan fingerprint density at radius 2 is 1.65 bits per heavy atom. The van der Waals surface area contributed by atoms with E-state index in [9.17, 15) is 4.39 Å². The van der Waals surface area contributed by atoms with Gasteiger partial charge in [0, 0.05) is 30.0 Å². The van der Waals surface area contributed by atoms with E-state index in [1.165, 1.54) is 33.5 Å². The zero-order chi connectivity index (χ0) is 30.9. The molecule has 0 saturated heterocycles. The molecule has 1 heterocycles. The van der Waals surface area contributed by atoms with Crippen LogP contribution in [0.1, 0.15) is 71.1 Å². The molecule has 0 spiro atoms. The molecule has 1 aliphatic heterocycles. The van der Waals surface area contributed by atoms with Crippen LogP contribution in [0.25, 0.3) is 11.1 Å². The standard InChI is InChI=1S/C38H50FN3O/c1-8-26(5)34(22-29-13-17-33(39)18-14-29)38(27(6)9-2)42-20-21-43-36-19-16-30(23-32(36)25-42)31-15-12-28(7)35(24-31)41-37(10-3)40-11-4/h10,12-19,23-24,26-27,40-41H,8-9,11,20-22,25H2,1-7H3/b37-10-,38-34+. The summed E-state index contributed by atoms with van der Waals surface area (Å²) in [7, 11) is 0. The van der Waals surface area contributed by atoms with Crippen molar-refractivity contribution in [2.45, 2.75) is 74.3 Å². The molecule has 0 saturated carbocycles. The molecule has 0 amide bonds. The van der Waals surface area contributed by atoms with Crippen LogP contribution in [0.15, 0.2) is 83.8 Å². The molecule has 0 radical (unpaired) electrons. The molecule has 3 aromatic rings. The zero-order valence-electron chi connectivity index (χ0n) is 27.2. The van der Waals surface area contributed by atoms with E-state index in [2.05, 4.69) is 99.6 Å². The Hall–Kier alpha value is -3.73. The van der Waals surface area contributed by atoms with Gasteiger partial charge in [0.2, 0.25) is 0 Å². The van der Waals surface area contributed by atoms with Crippen LogP contribution in [0.5, 0.6) is 5.75 Å². The number of fused-ring (bicyclic) bond motifs is 1. The van der Waals surface area contributed by atoms with E-state index in [1.54, 1.807) is 12.1 Å². The summed E-state index contributed by atoms with van der Waals surface area (Å²) < 4.78 is 20.1. The molecule has 2 unspecified atom stereocenters. The second-order valence-corrected chi connectivity index (χ2v) is 11.8. The van der Waals surface area contributed by atoms with Gasteiger partial charge in [-0.3, -0.25) is 0 Å². The summed E-state index contributed by atoms with van der Waals surface area (Å²) in [6, 6.07) is 20.3. The van der Waals surface area contributed by atoms with Gasteiger partial charge in [0.05, 0.1) is 12.4 Å². The second-order valence-electron chi connectivity index (χ2n) is 11.8. The van der Waals surface area contributed by atoms with Gasteiger partial charge in [-0.1, -0.05) is 58.0 Å². The largest absolute Gasteiger partial charge is 0.491 e. The van der Waals surface area contributed by atoms with E-state index in [-0.39, 0.29) is 5.82 Å². The molecule has 2 atom stereocenters. The van der Waals surface area contributed by atoms with Crippen LogP contribution < -0.4 is 15.4 Å². The first-order valence-electron chi connectivity index (χ1n) is 16.0. The molecule has 0 fully saturated rings. The van der Waals surface area contributed by atoms with Crippen molar-refractivity contribution >= 4 is 5.69 Å². The smallest absolute Gasteiger partial charge is 0.124 e. The maximum Gasteiger partial charge on any atom is 0.124 e. The van der Waals surface area contributed by atoms with Gasteiger partial charge in [-0.15, -0.1) is 0 Å². The van der Waals surface area contributed by atoms with Crippen LogP contribution in [0.3, 0.4) is 0 Å². The molecule has 4 rings (SSSR count). The topological polar surface area (TPSA) is 36.5 Å². The fourth-order valence-corrected chi connectivity index (χ4v) is 5.88. The lowest BCUT2D eigenvalue weighted by atomic mass is 9.85. The van der Waals surface area contributed by atoms with E-state index in [0.717, 1.165) is 61.7 Å². The van der Waals surface area contributed by atoms with E-state index in [4.69, 9.17) is 4.74 Å². The third kappa shape index (κ3) is 8.01. The van der Waals surface area contributed by atoms with Crippen LogP contribution in [-0.2, 0) is 13.0 Å². The lowest BCUT2D eigenvalue weighted by Crippen LogP contribution is -2.31. The molecular formula is C38H50FN3O. The minimum atomic E-state index is -0.187. The van der Waals surface area contributed by atoms with Crippen LogP contribution in [0, 0.1) is 24.6 Å². The Morgan fingerprint density at radius 3 is 2.33 bits per heavy atom. The van der Waals surface area contributed by atoms with Gasteiger partial charge >= 0.3 is 0 Å². The summed E-state index contributed by atoms with van der Waals surface area (Å²) in [6.45, 7) is 18.6. The summed E-state index contributed by atoms with van der Waals surface area (Å²) in [5.74, 6) is 2.61. The fraction of sp³-hybridized carbons (Fsp3) is 0.421. The molecule has 1 aliphatic rings. The molecule has 5 heteroatoms. The van der Waals surface area contributed by atoms with Crippen LogP contribution >= 0.6 is 0 Å². The Labute approximate surface area is 259 Å². The number of benzene rings is 3. The summed E-state index contributed by atoms with van der Waals surface area (Å²) in [5.41, 5.74) is 9.90. The van der Waals surface area contributed by atoms with Gasteiger partial charge in [0.1, 0.15) is 18.2 Å². The third-order valence-corrected chi connectivity index (χ3v) is 8.80. The molecule has 0 bridgehead atoms. The molecule has 0 aromatic heterocycles. The molecule has 4 nitrogen and oxygen atoms in total. The van der Waals surface area contributed by atoms with Crippen molar-refractivity contribution in [3.8, 4) is 16.9 Å². The fourth-order valence-electron chi connectivity index (χ4n) is 5.88. The quantitative estimate of drug-likeness (QED) is 0.223. The van der Waals surface area contributed by atoms with Gasteiger partial charge in [-0.2, -0.15) is 0 Å². The lowest BCUT2D eigenvalue weighted by Gasteiger charge is -2.34. The number of nitrogens with zero attached hydrogens (tertiary/aromatic N) is 1. The first kappa shape index (κ1) is 32.2. The summed E-state index contributed by atoms with van der Waals surface area (Å²) in [5, 5.41) is 6.95. The van der Waals surface area contributed by atoms with E-state index >= 15 is 0 Å². The van der Waals surface area contributed by atoms with Crippen molar-refractivity contribution in [2.24, 2.45) is 11.8 Å². The molecule has 230 valence electrons. The molecule has 2 N–H and O–H groups in total. The maximum atomic E-state index is 13.7. The third-order valence-electron chi connectivity index (χ3n) is 8.80. The average Bonchev–Trinajstić information content (AvgIpc) is 3.23. The molecular weight excluding hydrogens is 533 g/mol. The Kier molecular flexibility index (Phi) is 11.3. The first-order chi connectivity index (χ1) is 20.8. The minimum absolute atomic E-state index is 0.187. The number of ether oxygens (including phenoxy) is 1. The predicted molar refractivity (Wildman–Crippen MR) is 180 cm³/mol. The predicted octanol–water partition coefficient (Wildman–Crippen LogP) is 9.47. The Balaban J connectivity index is 1.72. The summed E-state index contributed by atoms with van der Waals surface area (Å²) in [6.07, 6.45) is 5.02. The molecule has 3 aromatic carbocycles. The summed E-state index contributed by atoms with van der Waals surface area (Å²) in [4.78, 5) is 2.56. The van der Waals surface area contributed by atoms with Crippen molar-refractivity contribution in [3.05, 3.63) is 106 Å². The van der Waals surface area contributed by atoms with E-state index in [1.807, 2.05) is 19.1 Å². The number of nitrogens with one attached hydrogen (secondary N) is 2. The minimum Gasteiger partial charge on any atom is -0.491 e. The van der Waals surface area contributed by atoms with Crippen LogP contribution in [-0.4, -0.2) is 24.6 Å². The highest BCUT2D eigenvalue weighted by Gasteiger charge is 2.26. The van der Waals surface area contributed by atoms with Crippen molar-refractivity contribution in [3.63, 3.8) is 0 Å². The van der Waals surface area contributed by atoms with Crippen molar-refractivity contribution in [1.82, 2.24) is 10.2 Å². The lowest BCUT2D eigenvalue weighted by molar-refractivity contribution is 0.242. The monoisotopic (exact) mass is 583 g/mol. The summed E-state index contributed by atoms with van der Waals surface area (Å²) >= 11 is 0. The Bertz CT molecular complexity index is 1430. The van der Waals surface area contributed by atoms with Gasteiger partial charge in [0.25, 0.3) is 0 Å². The highest BCUT2D eigenvalue weighted by molar-refractivity contribution is 5.72. The highest BCUT2D eigenvalue weighted by Crippen LogP contribution is 2.36. The number of hydrogen-bond donors (Lipinski definition) is 2. The normalized spacial score (nSPS) is 15.5. The number of aryl methyl sites for hydroxylation is 1. The van der Waals surface area contributed by atoms with Gasteiger partial charge in [-0.05, 0) is 116 Å². The van der Waals surface area contributed by atoms with Crippen molar-refractivity contribution < 1.29 is 9.13 Å². The number of allylic oxidation sites excluding steroid dienone is 3. The number of anilines is 1. The van der Waals surface area contributed by atoms with E-state index < -0.39 is 0 Å². The van der Waals surface area contributed by atoms with Gasteiger partial charge < -0.3 is 20.3 Å². The molecule has 43 heavy (non-hydrogen) atoms. The number of halogens is 1. The zero-order valence-corrected chi connectivity index (χ0v) is 27.2. The van der Waals surface area contributed by atoms with Crippen molar-refractivity contribution in [1.29, 1.82) is 0 Å². The SMILES string of the molecule is C/C=C(/NCC)Nc1cc(-c2ccc3c(c2)CN(/C(=C(\Cc2ccc(F)cc2)C(C)CC)C(C)CC)CCO3)ccc1C. The van der Waals surface area contributed by atoms with E-state index in [0.29, 0.717) is 18.4 Å². The number of rotatable bonds is 12. The van der Waals surface area contributed by atoms with Crippen LogP contribution in [0.4, 0.5) is 10.1 Å². The highest BCUT2D eigenvalue weighted by atomic mass is 19.1. The first-order valence-corrected chi connectivity index (χ1v) is 16.0. The maximum absolute atomic E-state index is 13.7. The number of hydrogen-bond acceptors (Lipinski definition) is 4. The van der Waals surface area contributed by atoms with Crippen molar-refractivity contribution in [2.75, 3.05) is 25.0 Å². The van der Waals surface area contributed by atoms with Crippen LogP contribution in [0.2, 0.25) is 0 Å². The second kappa shape index (κ2) is 15.1. The van der Waals surface area contributed by atoms with Gasteiger partial charge in [-0.25, -0.2) is 4.39 Å². The Morgan fingerprint density at radius 1 is 0.953 bits per heavy atom. The van der Waals surface area contributed by atoms with Gasteiger partial charge in [0.15, 0.2) is 0 Å². The molecule has 0 aliphatic carbocycles.